The van der Waals surface area contributed by atoms with Crippen molar-refractivity contribution in [3.63, 3.8) is 0 Å². The maximum atomic E-state index is 9.37. The van der Waals surface area contributed by atoms with Gasteiger partial charge in [0.1, 0.15) is 0 Å². The van der Waals surface area contributed by atoms with Crippen LogP contribution in [0.2, 0.25) is 0 Å². The number of nitrogens with two attached hydrogens (primary N) is 1. The minimum atomic E-state index is -0.273. The number of aliphatic hydroxyl groups excluding tert-OH is 2. The van der Waals surface area contributed by atoms with Crippen molar-refractivity contribution in [2.75, 3.05) is 13.2 Å². The summed E-state index contributed by atoms with van der Waals surface area (Å²) in [7, 11) is 0. The number of hydrogen-bond acceptors (Lipinski definition) is 4. The van der Waals surface area contributed by atoms with E-state index in [2.05, 4.69) is 5.32 Å². The predicted octanol–water partition coefficient (Wildman–Crippen LogP) is -1.19. The van der Waals surface area contributed by atoms with Crippen molar-refractivity contribution in [3.8, 4) is 0 Å². The molecule has 72 valence electrons. The second kappa shape index (κ2) is 4.77. The smallest absolute Gasteiger partial charge is 0.0569 e. The average Bonchev–Trinajstić information content (AvgIpc) is 1.99. The van der Waals surface area contributed by atoms with Gasteiger partial charge in [0.25, 0.3) is 0 Å². The summed E-state index contributed by atoms with van der Waals surface area (Å²) in [6.45, 7) is 0.728. The van der Waals surface area contributed by atoms with Crippen LogP contribution in [0.4, 0.5) is 0 Å². The molecule has 0 spiro atoms. The SMILES string of the molecule is NC1CC(O)CC(NCCO)C1. The third kappa shape index (κ3) is 3.06. The van der Waals surface area contributed by atoms with Gasteiger partial charge in [-0.3, -0.25) is 0 Å². The molecule has 1 aliphatic rings. The van der Waals surface area contributed by atoms with Crippen molar-refractivity contribution < 1.29 is 10.2 Å². The predicted molar refractivity (Wildman–Crippen MR) is 46.7 cm³/mol. The van der Waals surface area contributed by atoms with Crippen LogP contribution in [0.3, 0.4) is 0 Å². The van der Waals surface area contributed by atoms with E-state index in [1.807, 2.05) is 0 Å². The van der Waals surface area contributed by atoms with E-state index in [9.17, 15) is 5.11 Å². The molecule has 1 rings (SSSR count). The van der Waals surface area contributed by atoms with Crippen LogP contribution < -0.4 is 11.1 Å². The molecule has 4 nitrogen and oxygen atoms in total. The van der Waals surface area contributed by atoms with Crippen molar-refractivity contribution in [1.82, 2.24) is 5.32 Å². The average molecular weight is 174 g/mol. The zero-order valence-electron chi connectivity index (χ0n) is 7.24. The zero-order chi connectivity index (χ0) is 8.97. The van der Waals surface area contributed by atoms with Crippen LogP contribution in [0, 0.1) is 0 Å². The Balaban J connectivity index is 2.24. The molecule has 3 unspecified atom stereocenters. The Bertz CT molecular complexity index is 122. The summed E-state index contributed by atoms with van der Waals surface area (Å²) in [5.74, 6) is 0. The number of hydrogen-bond donors (Lipinski definition) is 4. The highest BCUT2D eigenvalue weighted by atomic mass is 16.3. The molecule has 0 aromatic heterocycles. The van der Waals surface area contributed by atoms with Crippen LogP contribution in [-0.2, 0) is 0 Å². The Hall–Kier alpha value is -0.160. The Labute approximate surface area is 72.8 Å². The highest BCUT2D eigenvalue weighted by Crippen LogP contribution is 2.17. The van der Waals surface area contributed by atoms with Crippen molar-refractivity contribution in [2.45, 2.75) is 37.5 Å². The van der Waals surface area contributed by atoms with Crippen molar-refractivity contribution in [3.05, 3.63) is 0 Å². The van der Waals surface area contributed by atoms with Gasteiger partial charge in [0.2, 0.25) is 0 Å². The second-order valence-corrected chi connectivity index (χ2v) is 3.50. The fourth-order valence-corrected chi connectivity index (χ4v) is 1.77. The van der Waals surface area contributed by atoms with E-state index >= 15 is 0 Å². The largest absolute Gasteiger partial charge is 0.395 e. The summed E-state index contributed by atoms with van der Waals surface area (Å²) in [5, 5.41) is 21.1. The molecule has 4 heteroatoms. The van der Waals surface area contributed by atoms with E-state index in [1.165, 1.54) is 0 Å². The molecule has 1 aliphatic carbocycles. The first-order chi connectivity index (χ1) is 5.72. The van der Waals surface area contributed by atoms with Crippen molar-refractivity contribution >= 4 is 0 Å². The quantitative estimate of drug-likeness (QED) is 0.434. The van der Waals surface area contributed by atoms with Crippen LogP contribution in [0.25, 0.3) is 0 Å². The lowest BCUT2D eigenvalue weighted by Gasteiger charge is -2.30. The third-order valence-electron chi connectivity index (χ3n) is 2.26. The van der Waals surface area contributed by atoms with Crippen molar-refractivity contribution in [2.24, 2.45) is 5.73 Å². The van der Waals surface area contributed by atoms with E-state index in [4.69, 9.17) is 10.8 Å². The first-order valence-corrected chi connectivity index (χ1v) is 4.50. The number of nitrogens with one attached hydrogen (secondary N) is 1. The summed E-state index contributed by atoms with van der Waals surface area (Å²) < 4.78 is 0. The van der Waals surface area contributed by atoms with E-state index in [-0.39, 0.29) is 24.8 Å². The van der Waals surface area contributed by atoms with E-state index in [0.29, 0.717) is 13.0 Å². The molecule has 0 radical (unpaired) electrons. The van der Waals surface area contributed by atoms with E-state index in [0.717, 1.165) is 12.8 Å². The standard InChI is InChI=1S/C8H18N2O2/c9-6-3-7(10-1-2-11)5-8(12)4-6/h6-8,10-12H,1-5,9H2. The Kier molecular flexibility index (Phi) is 3.94. The first-order valence-electron chi connectivity index (χ1n) is 4.50. The molecule has 0 amide bonds. The Morgan fingerprint density at radius 2 is 2.08 bits per heavy atom. The minimum Gasteiger partial charge on any atom is -0.395 e. The van der Waals surface area contributed by atoms with Crippen LogP contribution >= 0.6 is 0 Å². The van der Waals surface area contributed by atoms with Crippen molar-refractivity contribution in [1.29, 1.82) is 0 Å². The second-order valence-electron chi connectivity index (χ2n) is 3.50. The first kappa shape index (κ1) is 9.92. The monoisotopic (exact) mass is 174 g/mol. The molecule has 1 fully saturated rings. The lowest BCUT2D eigenvalue weighted by molar-refractivity contribution is 0.100. The van der Waals surface area contributed by atoms with Gasteiger partial charge in [-0.2, -0.15) is 0 Å². The lowest BCUT2D eigenvalue weighted by atomic mass is 9.89. The molecular formula is C8H18N2O2. The molecular weight excluding hydrogens is 156 g/mol. The highest BCUT2D eigenvalue weighted by Gasteiger charge is 2.24. The minimum absolute atomic E-state index is 0.102. The Morgan fingerprint density at radius 1 is 1.33 bits per heavy atom. The lowest BCUT2D eigenvalue weighted by Crippen LogP contribution is -2.45. The zero-order valence-corrected chi connectivity index (χ0v) is 7.24. The van der Waals surface area contributed by atoms with Gasteiger partial charge in [-0.15, -0.1) is 0 Å². The summed E-state index contributed by atoms with van der Waals surface area (Å²) in [6.07, 6.45) is 2.09. The molecule has 3 atom stereocenters. The van der Waals surface area contributed by atoms with E-state index in [1.54, 1.807) is 0 Å². The summed E-state index contributed by atoms with van der Waals surface area (Å²) in [5.41, 5.74) is 5.72. The van der Waals surface area contributed by atoms with Gasteiger partial charge in [-0.1, -0.05) is 0 Å². The normalized spacial score (nSPS) is 36.8. The van der Waals surface area contributed by atoms with Gasteiger partial charge in [-0.25, -0.2) is 0 Å². The molecule has 1 saturated carbocycles. The van der Waals surface area contributed by atoms with Gasteiger partial charge >= 0.3 is 0 Å². The highest BCUT2D eigenvalue weighted by molar-refractivity contribution is 4.84. The van der Waals surface area contributed by atoms with Gasteiger partial charge in [0.05, 0.1) is 12.7 Å². The maximum Gasteiger partial charge on any atom is 0.0569 e. The fraction of sp³-hybridized carbons (Fsp3) is 1.00. The van der Waals surface area contributed by atoms with Crippen LogP contribution in [0.15, 0.2) is 0 Å². The summed E-state index contributed by atoms with van der Waals surface area (Å²) in [4.78, 5) is 0. The van der Waals surface area contributed by atoms with Crippen LogP contribution in [0.5, 0.6) is 0 Å². The summed E-state index contributed by atoms with van der Waals surface area (Å²) >= 11 is 0. The molecule has 0 saturated heterocycles. The van der Waals surface area contributed by atoms with Gasteiger partial charge in [0, 0.05) is 18.6 Å². The molecule has 5 N–H and O–H groups in total. The topological polar surface area (TPSA) is 78.5 Å². The van der Waals surface area contributed by atoms with Gasteiger partial charge < -0.3 is 21.3 Å². The fourth-order valence-electron chi connectivity index (χ4n) is 1.77. The summed E-state index contributed by atoms with van der Waals surface area (Å²) in [6, 6.07) is 0.376. The molecule has 12 heavy (non-hydrogen) atoms. The van der Waals surface area contributed by atoms with Crippen LogP contribution in [-0.4, -0.2) is 41.6 Å². The molecule has 0 aromatic rings. The maximum absolute atomic E-state index is 9.37. The molecule has 0 bridgehead atoms. The van der Waals surface area contributed by atoms with Crippen LogP contribution in [0.1, 0.15) is 19.3 Å². The number of rotatable bonds is 3. The Morgan fingerprint density at radius 3 is 2.67 bits per heavy atom. The molecule has 0 aliphatic heterocycles. The van der Waals surface area contributed by atoms with Gasteiger partial charge in [0.15, 0.2) is 0 Å². The third-order valence-corrected chi connectivity index (χ3v) is 2.26. The molecule has 0 heterocycles. The molecule has 0 aromatic carbocycles. The van der Waals surface area contributed by atoms with E-state index < -0.39 is 0 Å². The number of aliphatic hydroxyl groups is 2. The van der Waals surface area contributed by atoms with Gasteiger partial charge in [-0.05, 0) is 19.3 Å².